The second-order valence-electron chi connectivity index (χ2n) is 14.4. The van der Waals surface area contributed by atoms with Gasteiger partial charge in [0.1, 0.15) is 0 Å². The molecule has 0 saturated carbocycles. The molecule has 1 N–H and O–H groups in total. The van der Waals surface area contributed by atoms with Crippen LogP contribution in [0.1, 0.15) is 51.7 Å². The Morgan fingerprint density at radius 1 is 0.889 bits per heavy atom. The van der Waals surface area contributed by atoms with Crippen molar-refractivity contribution in [1.29, 1.82) is 0 Å². The summed E-state index contributed by atoms with van der Waals surface area (Å²) in [4.78, 5) is 32.9. The number of esters is 2. The molecule has 0 spiro atoms. The number of rotatable bonds is 16. The summed E-state index contributed by atoms with van der Waals surface area (Å²) in [5.74, 6) is -2.05. The Balaban J connectivity index is 1.63. The molecular formula is C42H50N2O8SSi. The Morgan fingerprint density at radius 2 is 1.44 bits per heavy atom. The van der Waals surface area contributed by atoms with E-state index in [-0.39, 0.29) is 43.4 Å². The average molecular weight is 771 g/mol. The smallest absolute Gasteiger partial charge is 0.338 e. The third-order valence-corrected chi connectivity index (χ3v) is 16.4. The van der Waals surface area contributed by atoms with Crippen molar-refractivity contribution in [3.05, 3.63) is 126 Å². The first-order chi connectivity index (χ1) is 25.8. The fraction of sp³-hybridized carbons (Fsp3) is 0.357. The normalized spacial score (nSPS) is 18.0. The number of aliphatic imine (C=N–C) groups is 1. The number of nitrogens with zero attached hydrogens (tertiary/aromatic N) is 1. The largest absolute Gasteiger partial charge is 0.469 e. The van der Waals surface area contributed by atoms with E-state index in [0.29, 0.717) is 5.56 Å². The SMILES string of the molecule is CCOC(=O)[C@]1([C@H](CCNS(=O)(=O)c2ccc(C)cc2)CC(=O)OC)N=C(c2ccccc2)O[C@@H]1CO[Si](c1ccccc1)(c1ccccc1)C(C)(C)C. The van der Waals surface area contributed by atoms with E-state index in [4.69, 9.17) is 23.6 Å². The number of hydrogen-bond donors (Lipinski definition) is 1. The summed E-state index contributed by atoms with van der Waals surface area (Å²) in [5, 5.41) is 1.66. The van der Waals surface area contributed by atoms with Gasteiger partial charge in [-0.3, -0.25) is 4.79 Å². The van der Waals surface area contributed by atoms with E-state index in [2.05, 4.69) is 49.8 Å². The highest BCUT2D eigenvalue weighted by atomic mass is 32.2. The lowest BCUT2D eigenvalue weighted by Gasteiger charge is -2.44. The van der Waals surface area contributed by atoms with Crippen molar-refractivity contribution >= 4 is 46.6 Å². The van der Waals surface area contributed by atoms with Gasteiger partial charge < -0.3 is 18.6 Å². The molecule has 0 saturated heterocycles. The number of ether oxygens (including phenoxy) is 3. The Kier molecular flexibility index (Phi) is 12.9. The lowest BCUT2D eigenvalue weighted by Crippen LogP contribution is -2.68. The second-order valence-corrected chi connectivity index (χ2v) is 20.5. The predicted molar refractivity (Wildman–Crippen MR) is 212 cm³/mol. The summed E-state index contributed by atoms with van der Waals surface area (Å²) in [6, 6.07) is 35.9. The predicted octanol–water partition coefficient (Wildman–Crippen LogP) is 5.57. The summed E-state index contributed by atoms with van der Waals surface area (Å²) in [6.07, 6.45) is -1.33. The maximum Gasteiger partial charge on any atom is 0.338 e. The van der Waals surface area contributed by atoms with Gasteiger partial charge in [-0.25, -0.2) is 22.9 Å². The number of methoxy groups -OCH3 is 1. The first kappa shape index (κ1) is 40.6. The molecule has 12 heteroatoms. The molecule has 1 aliphatic heterocycles. The van der Waals surface area contributed by atoms with Crippen LogP contribution >= 0.6 is 0 Å². The molecule has 0 aliphatic carbocycles. The fourth-order valence-electron chi connectivity index (χ4n) is 7.20. The second kappa shape index (κ2) is 17.2. The van der Waals surface area contributed by atoms with Gasteiger partial charge in [0.25, 0.3) is 8.32 Å². The number of hydrogen-bond acceptors (Lipinski definition) is 9. The molecular weight excluding hydrogens is 721 g/mol. The molecule has 3 atom stereocenters. The molecule has 0 radical (unpaired) electrons. The van der Waals surface area contributed by atoms with Gasteiger partial charge >= 0.3 is 11.9 Å². The highest BCUT2D eigenvalue weighted by Crippen LogP contribution is 2.43. The maximum atomic E-state index is 14.6. The molecule has 5 rings (SSSR count). The molecule has 0 amide bonds. The van der Waals surface area contributed by atoms with Crippen molar-refractivity contribution in [2.45, 2.75) is 69.0 Å². The Hall–Kier alpha value is -4.62. The summed E-state index contributed by atoms with van der Waals surface area (Å²) in [6.45, 7) is 9.85. The Bertz CT molecular complexity index is 1960. The van der Waals surface area contributed by atoms with Crippen molar-refractivity contribution < 1.29 is 36.6 Å². The lowest BCUT2D eigenvalue weighted by atomic mass is 9.76. The fourth-order valence-corrected chi connectivity index (χ4v) is 12.8. The minimum atomic E-state index is -3.92. The minimum absolute atomic E-state index is 0.0175. The van der Waals surface area contributed by atoms with Gasteiger partial charge in [0, 0.05) is 18.0 Å². The monoisotopic (exact) mass is 770 g/mol. The van der Waals surface area contributed by atoms with Crippen LogP contribution in [0.25, 0.3) is 0 Å². The van der Waals surface area contributed by atoms with Gasteiger partial charge in [-0.2, -0.15) is 0 Å². The molecule has 4 aromatic carbocycles. The van der Waals surface area contributed by atoms with Crippen LogP contribution in [0.3, 0.4) is 0 Å². The van der Waals surface area contributed by atoms with Gasteiger partial charge in [-0.05, 0) is 59.9 Å². The van der Waals surface area contributed by atoms with Crippen LogP contribution in [0, 0.1) is 12.8 Å². The van der Waals surface area contributed by atoms with Gasteiger partial charge in [-0.15, -0.1) is 0 Å². The third-order valence-electron chi connectivity index (χ3n) is 9.90. The van der Waals surface area contributed by atoms with Gasteiger partial charge in [0.15, 0.2) is 6.10 Å². The molecule has 1 heterocycles. The van der Waals surface area contributed by atoms with E-state index in [1.807, 2.05) is 73.7 Å². The van der Waals surface area contributed by atoms with Crippen molar-refractivity contribution in [2.75, 3.05) is 26.9 Å². The van der Waals surface area contributed by atoms with Crippen molar-refractivity contribution in [1.82, 2.24) is 4.72 Å². The number of aryl methyl sites for hydroxylation is 1. The van der Waals surface area contributed by atoms with E-state index in [1.165, 1.54) is 19.2 Å². The van der Waals surface area contributed by atoms with Crippen LogP contribution in [-0.2, 0) is 38.2 Å². The van der Waals surface area contributed by atoms with Crippen LogP contribution in [0.4, 0.5) is 0 Å². The van der Waals surface area contributed by atoms with Crippen LogP contribution in [-0.4, -0.2) is 73.1 Å². The zero-order valence-corrected chi connectivity index (χ0v) is 33.6. The van der Waals surface area contributed by atoms with Crippen LogP contribution < -0.4 is 15.1 Å². The third kappa shape index (κ3) is 8.52. The Labute approximate surface area is 320 Å². The molecule has 0 bridgehead atoms. The first-order valence-electron chi connectivity index (χ1n) is 18.2. The topological polar surface area (TPSA) is 130 Å². The number of carbonyl (C=O) groups is 2. The molecule has 0 fully saturated rings. The standard InChI is InChI=1S/C42H50N2O8SSi/c1-7-50-40(46)42(33(29-38(45)49-6)27-28-43-53(47,48)34-25-23-31(2)24-26-34)37(52-39(44-42)32-17-11-8-12-18-32)30-51-54(41(3,4)5,35-19-13-9-14-20-35)36-21-15-10-16-22-36/h8-26,33,37,43H,7,27-30H2,1-6H3/t33-,37-,42-/m1/s1. The minimum Gasteiger partial charge on any atom is -0.469 e. The zero-order chi connectivity index (χ0) is 39.0. The molecule has 4 aromatic rings. The van der Waals surface area contributed by atoms with Crippen molar-refractivity contribution in [2.24, 2.45) is 10.9 Å². The molecule has 1 aliphatic rings. The number of benzene rings is 4. The summed E-state index contributed by atoms with van der Waals surface area (Å²) in [5.41, 5.74) is -0.282. The van der Waals surface area contributed by atoms with Gasteiger partial charge in [0.2, 0.25) is 21.5 Å². The molecule has 0 aromatic heterocycles. The molecule has 286 valence electrons. The van der Waals surface area contributed by atoms with Crippen LogP contribution in [0.2, 0.25) is 5.04 Å². The molecule has 54 heavy (non-hydrogen) atoms. The maximum absolute atomic E-state index is 14.6. The zero-order valence-electron chi connectivity index (χ0n) is 31.8. The number of carbonyl (C=O) groups excluding carboxylic acids is 2. The van der Waals surface area contributed by atoms with Crippen molar-refractivity contribution in [3.8, 4) is 0 Å². The number of sulfonamides is 1. The lowest BCUT2D eigenvalue weighted by molar-refractivity contribution is -0.158. The van der Waals surface area contributed by atoms with E-state index in [1.54, 1.807) is 19.1 Å². The van der Waals surface area contributed by atoms with E-state index >= 15 is 0 Å². The van der Waals surface area contributed by atoms with Crippen LogP contribution in [0.15, 0.2) is 125 Å². The van der Waals surface area contributed by atoms with Gasteiger partial charge in [-0.1, -0.05) is 117 Å². The average Bonchev–Trinajstić information content (AvgIpc) is 3.56. The summed E-state index contributed by atoms with van der Waals surface area (Å²) < 4.78 is 54.3. The molecule has 0 unspecified atom stereocenters. The van der Waals surface area contributed by atoms with E-state index in [0.717, 1.165) is 15.9 Å². The number of nitrogens with one attached hydrogen (secondary N) is 1. The summed E-state index contributed by atoms with van der Waals surface area (Å²) >= 11 is 0. The first-order valence-corrected chi connectivity index (χ1v) is 21.5. The van der Waals surface area contributed by atoms with Crippen molar-refractivity contribution in [3.63, 3.8) is 0 Å². The Morgan fingerprint density at radius 3 is 1.96 bits per heavy atom. The summed E-state index contributed by atoms with van der Waals surface area (Å²) in [7, 11) is -5.82. The quantitative estimate of drug-likeness (QED) is 0.116. The highest BCUT2D eigenvalue weighted by molar-refractivity contribution is 7.89. The van der Waals surface area contributed by atoms with E-state index in [9.17, 15) is 18.0 Å². The molecule has 10 nitrogen and oxygen atoms in total. The van der Waals surface area contributed by atoms with E-state index < -0.39 is 52.9 Å². The highest BCUT2D eigenvalue weighted by Gasteiger charge is 2.60. The van der Waals surface area contributed by atoms with Gasteiger partial charge in [0.05, 0.1) is 31.6 Å². The van der Waals surface area contributed by atoms with Crippen LogP contribution in [0.5, 0.6) is 0 Å².